The molecule has 1 N–H and O–H groups in total. The predicted molar refractivity (Wildman–Crippen MR) is 112 cm³/mol. The van der Waals surface area contributed by atoms with Crippen LogP contribution >= 0.6 is 25.3 Å². The summed E-state index contributed by atoms with van der Waals surface area (Å²) in [6.07, 6.45) is 12.7. The van der Waals surface area contributed by atoms with Crippen LogP contribution in [0.15, 0.2) is 0 Å². The van der Waals surface area contributed by atoms with Crippen molar-refractivity contribution in [1.82, 2.24) is 0 Å². The Bertz CT molecular complexity index is 331. The minimum absolute atomic E-state index is 0.0366. The summed E-state index contributed by atoms with van der Waals surface area (Å²) in [6.45, 7) is 6.39. The smallest absolute Gasteiger partial charge is 0.320 e. The van der Waals surface area contributed by atoms with Crippen molar-refractivity contribution < 1.29 is 19.4 Å². The van der Waals surface area contributed by atoms with Gasteiger partial charge in [-0.05, 0) is 19.8 Å². The van der Waals surface area contributed by atoms with Crippen molar-refractivity contribution in [3.05, 3.63) is 0 Å². The van der Waals surface area contributed by atoms with Crippen LogP contribution < -0.4 is 0 Å². The molecule has 0 aliphatic rings. The Morgan fingerprint density at radius 2 is 1.40 bits per heavy atom. The number of carboxylic acid groups (broad SMARTS) is 1. The highest BCUT2D eigenvalue weighted by Crippen LogP contribution is 2.20. The molecular formula is C19H38O4S2. The van der Waals surface area contributed by atoms with E-state index in [1.54, 1.807) is 6.92 Å². The number of rotatable bonds is 14. The summed E-state index contributed by atoms with van der Waals surface area (Å²) in [7, 11) is 0. The molecule has 0 aromatic rings. The van der Waals surface area contributed by atoms with Crippen LogP contribution in [0.1, 0.15) is 91.4 Å². The molecule has 0 spiro atoms. The van der Waals surface area contributed by atoms with Crippen LogP contribution in [0.3, 0.4) is 0 Å². The minimum atomic E-state index is -0.941. The Balaban J connectivity index is 0. The highest BCUT2D eigenvalue weighted by Gasteiger charge is 2.30. The lowest BCUT2D eigenvalue weighted by molar-refractivity contribution is -0.143. The zero-order valence-electron chi connectivity index (χ0n) is 16.3. The van der Waals surface area contributed by atoms with Crippen LogP contribution in [0.5, 0.6) is 0 Å². The third kappa shape index (κ3) is 16.8. The molecule has 4 nitrogen and oxygen atoms in total. The first-order valence-corrected chi connectivity index (χ1v) is 10.7. The molecule has 0 aliphatic heterocycles. The van der Waals surface area contributed by atoms with E-state index in [2.05, 4.69) is 32.2 Å². The van der Waals surface area contributed by atoms with Gasteiger partial charge in [-0.1, -0.05) is 65.2 Å². The Hall–Kier alpha value is -0.360. The minimum Gasteiger partial charge on any atom is -0.480 e. The van der Waals surface area contributed by atoms with Crippen LogP contribution in [0, 0.1) is 0 Å². The maximum absolute atomic E-state index is 11.0. The van der Waals surface area contributed by atoms with Crippen LogP contribution in [0.2, 0.25) is 0 Å². The average molecular weight is 395 g/mol. The number of unbranched alkanes of at least 4 members (excludes halogenated alkanes) is 8. The number of carbonyl (C=O) groups is 2. The highest BCUT2D eigenvalue weighted by molar-refractivity contribution is 7.86. The fourth-order valence-electron chi connectivity index (χ4n) is 2.14. The molecular weight excluding hydrogens is 356 g/mol. The van der Waals surface area contributed by atoms with Gasteiger partial charge in [0.1, 0.15) is 4.75 Å². The molecule has 0 radical (unpaired) electrons. The molecule has 0 heterocycles. The molecule has 0 aliphatic carbocycles. The highest BCUT2D eigenvalue weighted by atomic mass is 32.1. The lowest BCUT2D eigenvalue weighted by Gasteiger charge is -2.17. The standard InChI is InChI=1S/C14H28O2.C5H10O2S2/c1-3-5-6-7-8-9-10-11-12-13-14(15)16-4-2;1-2-5(9,3-8)4(6)7/h3-13H2,1-2H3;8-9H,2-3H2,1H3,(H,6,7). The number of thiol groups is 2. The second-order valence-corrected chi connectivity index (χ2v) is 7.40. The van der Waals surface area contributed by atoms with Crippen LogP contribution in [0.25, 0.3) is 0 Å². The monoisotopic (exact) mass is 394 g/mol. The summed E-state index contributed by atoms with van der Waals surface area (Å²) in [5.74, 6) is -0.670. The third-order valence-electron chi connectivity index (χ3n) is 4.03. The fourth-order valence-corrected chi connectivity index (χ4v) is 2.50. The number of esters is 1. The van der Waals surface area contributed by atoms with Crippen molar-refractivity contribution in [2.24, 2.45) is 0 Å². The van der Waals surface area contributed by atoms with E-state index in [-0.39, 0.29) is 11.7 Å². The zero-order valence-corrected chi connectivity index (χ0v) is 18.0. The molecule has 0 bridgehead atoms. The van der Waals surface area contributed by atoms with Gasteiger partial charge in [0.05, 0.1) is 6.61 Å². The van der Waals surface area contributed by atoms with E-state index in [1.165, 1.54) is 51.4 Å². The van der Waals surface area contributed by atoms with Gasteiger partial charge in [0.2, 0.25) is 0 Å². The van der Waals surface area contributed by atoms with Gasteiger partial charge in [-0.25, -0.2) is 0 Å². The zero-order chi connectivity index (χ0) is 19.6. The van der Waals surface area contributed by atoms with E-state index in [0.29, 0.717) is 19.4 Å². The number of carboxylic acids is 1. The van der Waals surface area contributed by atoms with Gasteiger partial charge >= 0.3 is 11.9 Å². The van der Waals surface area contributed by atoms with E-state index >= 15 is 0 Å². The number of ether oxygens (including phenoxy) is 1. The van der Waals surface area contributed by atoms with Crippen molar-refractivity contribution in [2.75, 3.05) is 12.4 Å². The molecule has 1 atom stereocenters. The van der Waals surface area contributed by atoms with Gasteiger partial charge in [0, 0.05) is 12.2 Å². The fraction of sp³-hybridized carbons (Fsp3) is 0.895. The summed E-state index contributed by atoms with van der Waals surface area (Å²) >= 11 is 7.80. The first kappa shape index (κ1) is 26.9. The van der Waals surface area contributed by atoms with E-state index < -0.39 is 10.7 Å². The lowest BCUT2D eigenvalue weighted by Crippen LogP contribution is -2.33. The van der Waals surface area contributed by atoms with E-state index in [4.69, 9.17) is 9.84 Å². The largest absolute Gasteiger partial charge is 0.480 e. The van der Waals surface area contributed by atoms with Crippen LogP contribution in [0.4, 0.5) is 0 Å². The topological polar surface area (TPSA) is 63.6 Å². The summed E-state index contributed by atoms with van der Waals surface area (Å²) in [5.41, 5.74) is 0. The van der Waals surface area contributed by atoms with Crippen LogP contribution in [-0.2, 0) is 14.3 Å². The molecule has 0 fully saturated rings. The maximum Gasteiger partial charge on any atom is 0.320 e. The summed E-state index contributed by atoms with van der Waals surface area (Å²) in [4.78, 5) is 21.4. The van der Waals surface area contributed by atoms with Crippen molar-refractivity contribution in [3.63, 3.8) is 0 Å². The van der Waals surface area contributed by atoms with Gasteiger partial charge in [0.25, 0.3) is 0 Å². The van der Waals surface area contributed by atoms with Gasteiger partial charge in [0.15, 0.2) is 0 Å². The van der Waals surface area contributed by atoms with Gasteiger partial charge in [-0.3, -0.25) is 9.59 Å². The molecule has 25 heavy (non-hydrogen) atoms. The van der Waals surface area contributed by atoms with E-state index in [1.807, 2.05) is 6.92 Å². The molecule has 0 rings (SSSR count). The van der Waals surface area contributed by atoms with Crippen molar-refractivity contribution in [3.8, 4) is 0 Å². The number of carbonyl (C=O) groups excluding carboxylic acids is 1. The van der Waals surface area contributed by atoms with Crippen molar-refractivity contribution >= 4 is 37.2 Å². The van der Waals surface area contributed by atoms with E-state index in [0.717, 1.165) is 6.42 Å². The average Bonchev–Trinajstić information content (AvgIpc) is 2.60. The second-order valence-electron chi connectivity index (χ2n) is 6.23. The summed E-state index contributed by atoms with van der Waals surface area (Å²) in [5, 5.41) is 8.51. The maximum atomic E-state index is 11.0. The second kappa shape index (κ2) is 18.4. The third-order valence-corrected chi connectivity index (χ3v) is 5.49. The molecule has 0 saturated heterocycles. The first-order valence-electron chi connectivity index (χ1n) is 9.60. The lowest BCUT2D eigenvalue weighted by atomic mass is 10.1. The summed E-state index contributed by atoms with van der Waals surface area (Å²) < 4.78 is 3.93. The normalized spacial score (nSPS) is 12.7. The Labute approximate surface area is 165 Å². The molecule has 0 aromatic carbocycles. The molecule has 150 valence electrons. The number of hydrogen-bond acceptors (Lipinski definition) is 5. The van der Waals surface area contributed by atoms with Crippen LogP contribution in [-0.4, -0.2) is 34.2 Å². The molecule has 0 aromatic heterocycles. The van der Waals surface area contributed by atoms with E-state index in [9.17, 15) is 9.59 Å². The Morgan fingerprint density at radius 1 is 0.920 bits per heavy atom. The van der Waals surface area contributed by atoms with Crippen molar-refractivity contribution in [1.29, 1.82) is 0 Å². The Kier molecular flexibility index (Phi) is 19.8. The molecule has 1 unspecified atom stereocenters. The molecule has 6 heteroatoms. The number of aliphatic carboxylic acids is 1. The molecule has 0 saturated carbocycles. The predicted octanol–water partition coefficient (Wildman–Crippen LogP) is 5.55. The molecule has 0 amide bonds. The quantitative estimate of drug-likeness (QED) is 0.205. The SMILES string of the molecule is CCC(S)(CS)C(=O)O.CCCCCCCCCCCC(=O)OCC. The Morgan fingerprint density at radius 3 is 1.72 bits per heavy atom. The summed E-state index contributed by atoms with van der Waals surface area (Å²) in [6, 6.07) is 0. The first-order chi connectivity index (χ1) is 11.9. The van der Waals surface area contributed by atoms with Crippen molar-refractivity contribution in [2.45, 2.75) is 96.1 Å². The van der Waals surface area contributed by atoms with Gasteiger partial charge < -0.3 is 9.84 Å². The van der Waals surface area contributed by atoms with Gasteiger partial charge in [-0.2, -0.15) is 25.3 Å². The van der Waals surface area contributed by atoms with Gasteiger partial charge in [-0.15, -0.1) is 0 Å². The number of hydrogen-bond donors (Lipinski definition) is 3.